The molecule has 6 heteroatoms. The van der Waals surface area contributed by atoms with Crippen LogP contribution in [0.25, 0.3) is 0 Å². The van der Waals surface area contributed by atoms with Gasteiger partial charge in [-0.15, -0.1) is 11.3 Å². The molecule has 1 aromatic rings. The van der Waals surface area contributed by atoms with Crippen LogP contribution in [0.15, 0.2) is 6.07 Å². The topological polar surface area (TPSA) is 58.2 Å². The standard InChI is InChI=1S/C13H20N2O2S2/c1-7-5-11(9(3)19-7)8(2)14-13(17)12(6-18)15-10(4)16/h5,8,12,18H,6H2,1-4H3,(H,14,17)(H,15,16). The first-order valence-corrected chi connectivity index (χ1v) is 7.55. The van der Waals surface area contributed by atoms with Crippen molar-refractivity contribution in [2.45, 2.75) is 39.8 Å². The number of hydrogen-bond acceptors (Lipinski definition) is 4. The second-order valence-corrected chi connectivity index (χ2v) is 6.36. The number of aryl methyl sites for hydroxylation is 2. The molecule has 1 aromatic heterocycles. The van der Waals surface area contributed by atoms with Gasteiger partial charge in [0.05, 0.1) is 6.04 Å². The minimum Gasteiger partial charge on any atom is -0.348 e. The first-order valence-electron chi connectivity index (χ1n) is 6.10. The summed E-state index contributed by atoms with van der Waals surface area (Å²) >= 11 is 5.80. The van der Waals surface area contributed by atoms with Crippen molar-refractivity contribution in [1.29, 1.82) is 0 Å². The van der Waals surface area contributed by atoms with E-state index in [0.29, 0.717) is 0 Å². The van der Waals surface area contributed by atoms with E-state index in [1.165, 1.54) is 16.7 Å². The second-order valence-electron chi connectivity index (χ2n) is 4.53. The van der Waals surface area contributed by atoms with Gasteiger partial charge in [0.2, 0.25) is 11.8 Å². The van der Waals surface area contributed by atoms with Crippen molar-refractivity contribution in [3.05, 3.63) is 21.4 Å². The molecule has 19 heavy (non-hydrogen) atoms. The number of thiol groups is 1. The molecule has 106 valence electrons. The predicted octanol–water partition coefficient (Wildman–Crippen LogP) is 1.98. The number of carbonyl (C=O) groups is 2. The van der Waals surface area contributed by atoms with E-state index in [4.69, 9.17) is 0 Å². The maximum Gasteiger partial charge on any atom is 0.243 e. The van der Waals surface area contributed by atoms with Crippen molar-refractivity contribution in [2.24, 2.45) is 0 Å². The van der Waals surface area contributed by atoms with E-state index in [2.05, 4.69) is 29.3 Å². The molecule has 0 saturated heterocycles. The summed E-state index contributed by atoms with van der Waals surface area (Å²) in [5.74, 6) is -0.162. The third-order valence-electron chi connectivity index (χ3n) is 2.78. The molecule has 0 spiro atoms. The highest BCUT2D eigenvalue weighted by Gasteiger charge is 2.21. The molecule has 0 aliphatic rings. The van der Waals surface area contributed by atoms with Crippen LogP contribution in [0.5, 0.6) is 0 Å². The zero-order valence-electron chi connectivity index (χ0n) is 11.6. The van der Waals surface area contributed by atoms with Crippen molar-refractivity contribution in [2.75, 3.05) is 5.75 Å². The number of hydrogen-bond donors (Lipinski definition) is 3. The smallest absolute Gasteiger partial charge is 0.243 e. The Kier molecular flexibility index (Phi) is 5.87. The van der Waals surface area contributed by atoms with Gasteiger partial charge in [0, 0.05) is 22.4 Å². The van der Waals surface area contributed by atoms with Crippen LogP contribution >= 0.6 is 24.0 Å². The van der Waals surface area contributed by atoms with Gasteiger partial charge < -0.3 is 10.6 Å². The molecule has 0 aliphatic carbocycles. The molecule has 4 nitrogen and oxygen atoms in total. The van der Waals surface area contributed by atoms with Crippen LogP contribution in [0.2, 0.25) is 0 Å². The summed E-state index contributed by atoms with van der Waals surface area (Å²) in [4.78, 5) is 25.5. The first kappa shape index (κ1) is 16.0. The fraction of sp³-hybridized carbons (Fsp3) is 0.538. The van der Waals surface area contributed by atoms with E-state index in [1.807, 2.05) is 20.8 Å². The Hall–Kier alpha value is -1.01. The zero-order chi connectivity index (χ0) is 14.6. The van der Waals surface area contributed by atoms with Gasteiger partial charge in [-0.1, -0.05) is 0 Å². The van der Waals surface area contributed by atoms with Crippen molar-refractivity contribution < 1.29 is 9.59 Å². The van der Waals surface area contributed by atoms with Crippen LogP contribution in [0.1, 0.15) is 35.2 Å². The minimum absolute atomic E-state index is 0.0754. The summed E-state index contributed by atoms with van der Waals surface area (Å²) in [7, 11) is 0. The van der Waals surface area contributed by atoms with Gasteiger partial charge in [-0.25, -0.2) is 0 Å². The average Bonchev–Trinajstić information content (AvgIpc) is 2.64. The lowest BCUT2D eigenvalue weighted by Gasteiger charge is -2.19. The minimum atomic E-state index is -0.594. The van der Waals surface area contributed by atoms with Gasteiger partial charge in [0.15, 0.2) is 0 Å². The largest absolute Gasteiger partial charge is 0.348 e. The van der Waals surface area contributed by atoms with Crippen molar-refractivity contribution in [1.82, 2.24) is 10.6 Å². The fourth-order valence-electron chi connectivity index (χ4n) is 1.91. The lowest BCUT2D eigenvalue weighted by atomic mass is 10.1. The van der Waals surface area contributed by atoms with Gasteiger partial charge in [-0.2, -0.15) is 12.6 Å². The maximum atomic E-state index is 12.0. The van der Waals surface area contributed by atoms with Crippen LogP contribution in [-0.2, 0) is 9.59 Å². The Balaban J connectivity index is 2.70. The van der Waals surface area contributed by atoms with E-state index < -0.39 is 6.04 Å². The van der Waals surface area contributed by atoms with Gasteiger partial charge in [-0.05, 0) is 32.4 Å². The average molecular weight is 300 g/mol. The number of nitrogens with one attached hydrogen (secondary N) is 2. The van der Waals surface area contributed by atoms with Crippen LogP contribution in [-0.4, -0.2) is 23.6 Å². The third kappa shape index (κ3) is 4.54. The molecule has 2 atom stereocenters. The summed E-state index contributed by atoms with van der Waals surface area (Å²) < 4.78 is 0. The monoisotopic (exact) mass is 300 g/mol. The molecule has 2 N–H and O–H groups in total. The highest BCUT2D eigenvalue weighted by molar-refractivity contribution is 7.80. The van der Waals surface area contributed by atoms with Crippen molar-refractivity contribution in [3.8, 4) is 0 Å². The molecule has 0 fully saturated rings. The molecular formula is C13H20N2O2S2. The normalized spacial score (nSPS) is 13.7. The van der Waals surface area contributed by atoms with Gasteiger partial charge >= 0.3 is 0 Å². The summed E-state index contributed by atoms with van der Waals surface area (Å²) in [5.41, 5.74) is 1.12. The Labute approximate surface area is 123 Å². The number of rotatable bonds is 5. The number of amides is 2. The van der Waals surface area contributed by atoms with E-state index >= 15 is 0 Å². The summed E-state index contributed by atoms with van der Waals surface area (Å²) in [6.07, 6.45) is 0. The lowest BCUT2D eigenvalue weighted by Crippen LogP contribution is -2.47. The lowest BCUT2D eigenvalue weighted by molar-refractivity contribution is -0.127. The molecule has 2 unspecified atom stereocenters. The fourth-order valence-corrected chi connectivity index (χ4v) is 3.19. The predicted molar refractivity (Wildman–Crippen MR) is 81.8 cm³/mol. The summed E-state index contributed by atoms with van der Waals surface area (Å²) in [5, 5.41) is 5.49. The van der Waals surface area contributed by atoms with E-state index in [9.17, 15) is 9.59 Å². The summed E-state index contributed by atoms with van der Waals surface area (Å²) in [6, 6.07) is 1.41. The molecular weight excluding hydrogens is 280 g/mol. The van der Waals surface area contributed by atoms with Crippen molar-refractivity contribution in [3.63, 3.8) is 0 Å². The van der Waals surface area contributed by atoms with Crippen LogP contribution in [0, 0.1) is 13.8 Å². The molecule has 2 amide bonds. The quantitative estimate of drug-likeness (QED) is 0.728. The number of thiophene rings is 1. The Morgan fingerprint density at radius 3 is 2.42 bits per heavy atom. The molecule has 1 rings (SSSR count). The van der Waals surface area contributed by atoms with Gasteiger partial charge in [0.25, 0.3) is 0 Å². The Bertz CT molecular complexity index is 471. The Morgan fingerprint density at radius 1 is 1.37 bits per heavy atom. The van der Waals surface area contributed by atoms with E-state index in [1.54, 1.807) is 11.3 Å². The third-order valence-corrected chi connectivity index (χ3v) is 4.13. The molecule has 0 bridgehead atoms. The van der Waals surface area contributed by atoms with Crippen LogP contribution in [0.3, 0.4) is 0 Å². The highest BCUT2D eigenvalue weighted by Crippen LogP contribution is 2.26. The molecule has 0 radical (unpaired) electrons. The molecule has 0 aromatic carbocycles. The van der Waals surface area contributed by atoms with Crippen LogP contribution < -0.4 is 10.6 Å². The first-order chi connectivity index (χ1) is 8.85. The van der Waals surface area contributed by atoms with Gasteiger partial charge in [-0.3, -0.25) is 9.59 Å². The maximum absolute atomic E-state index is 12.0. The van der Waals surface area contributed by atoms with Gasteiger partial charge in [0.1, 0.15) is 6.04 Å². The van der Waals surface area contributed by atoms with E-state index in [-0.39, 0.29) is 23.6 Å². The highest BCUT2D eigenvalue weighted by atomic mass is 32.1. The van der Waals surface area contributed by atoms with Crippen molar-refractivity contribution >= 4 is 35.8 Å². The zero-order valence-corrected chi connectivity index (χ0v) is 13.3. The molecule has 0 saturated carbocycles. The van der Waals surface area contributed by atoms with Crippen LogP contribution in [0.4, 0.5) is 0 Å². The SMILES string of the molecule is CC(=O)NC(CS)C(=O)NC(C)c1cc(C)sc1C. The number of carbonyl (C=O) groups excluding carboxylic acids is 2. The Morgan fingerprint density at radius 2 is 2.00 bits per heavy atom. The summed E-state index contributed by atoms with van der Waals surface area (Å²) in [6.45, 7) is 7.42. The second kappa shape index (κ2) is 6.96. The van der Waals surface area contributed by atoms with E-state index in [0.717, 1.165) is 5.56 Å². The molecule has 0 aliphatic heterocycles. The molecule has 1 heterocycles.